The number of nitrogens with zero attached hydrogens (tertiary/aromatic N) is 1. The van der Waals surface area contributed by atoms with E-state index in [4.69, 9.17) is 10.2 Å². The van der Waals surface area contributed by atoms with Crippen molar-refractivity contribution in [3.8, 4) is 5.75 Å². The van der Waals surface area contributed by atoms with E-state index in [-0.39, 0.29) is 5.75 Å². The van der Waals surface area contributed by atoms with E-state index in [2.05, 4.69) is 5.32 Å². The number of phenols is 1. The molecule has 3 N–H and O–H groups in total. The average molecular weight is 252 g/mol. The summed E-state index contributed by atoms with van der Waals surface area (Å²) in [4.78, 5) is 23.9. The molecule has 0 saturated carbocycles. The van der Waals surface area contributed by atoms with Crippen LogP contribution >= 0.6 is 0 Å². The minimum Gasteiger partial charge on any atom is -0.508 e. The molecule has 0 aromatic heterocycles. The van der Waals surface area contributed by atoms with Crippen LogP contribution < -0.4 is 10.2 Å². The second-order valence-electron chi connectivity index (χ2n) is 3.82. The van der Waals surface area contributed by atoms with E-state index < -0.39 is 18.0 Å². The number of rotatable bonds is 4. The fraction of sp³-hybridized carbons (Fsp3) is 0.333. The first kappa shape index (κ1) is 13.8. The molecule has 0 heterocycles. The Morgan fingerprint density at radius 3 is 2.33 bits per heavy atom. The van der Waals surface area contributed by atoms with Crippen molar-refractivity contribution in [2.75, 3.05) is 11.9 Å². The number of aliphatic carboxylic acids is 1. The molecule has 1 unspecified atom stereocenters. The number of carboxylic acid groups (broad SMARTS) is 1. The number of amides is 2. The zero-order valence-corrected chi connectivity index (χ0v) is 10.3. The Balaban J connectivity index is 2.72. The second kappa shape index (κ2) is 5.90. The smallest absolute Gasteiger partial charge is 0.326 e. The first-order chi connectivity index (χ1) is 8.45. The van der Waals surface area contributed by atoms with Crippen molar-refractivity contribution in [2.24, 2.45) is 0 Å². The molecule has 0 spiro atoms. The monoisotopic (exact) mass is 252 g/mol. The third-order valence-corrected chi connectivity index (χ3v) is 2.55. The van der Waals surface area contributed by atoms with E-state index in [0.717, 1.165) is 0 Å². The number of carbonyl (C=O) groups excluding carboxylic acids is 1. The maximum absolute atomic E-state index is 11.8. The van der Waals surface area contributed by atoms with Crippen molar-refractivity contribution in [2.45, 2.75) is 19.4 Å². The van der Waals surface area contributed by atoms with Crippen molar-refractivity contribution in [3.05, 3.63) is 24.3 Å². The first-order valence-electron chi connectivity index (χ1n) is 5.51. The fourth-order valence-corrected chi connectivity index (χ4v) is 1.38. The van der Waals surface area contributed by atoms with Gasteiger partial charge in [0.25, 0.3) is 0 Å². The number of carboxylic acids is 1. The number of aromatic hydroxyl groups is 1. The maximum Gasteiger partial charge on any atom is 0.326 e. The molecule has 0 radical (unpaired) electrons. The normalized spacial score (nSPS) is 11.7. The highest BCUT2D eigenvalue weighted by Crippen LogP contribution is 2.17. The number of carbonyl (C=O) groups is 2. The lowest BCUT2D eigenvalue weighted by Gasteiger charge is -2.20. The number of urea groups is 1. The van der Waals surface area contributed by atoms with Crippen molar-refractivity contribution in [3.63, 3.8) is 0 Å². The molecule has 0 bridgehead atoms. The molecule has 0 aliphatic heterocycles. The third kappa shape index (κ3) is 3.38. The summed E-state index contributed by atoms with van der Waals surface area (Å²) in [5.74, 6) is -0.963. The quantitative estimate of drug-likeness (QED) is 0.755. The van der Waals surface area contributed by atoms with Crippen LogP contribution in [0.5, 0.6) is 5.75 Å². The van der Waals surface area contributed by atoms with Crippen molar-refractivity contribution in [1.82, 2.24) is 5.32 Å². The summed E-state index contributed by atoms with van der Waals surface area (Å²) in [7, 11) is 1.52. The molecule has 1 rings (SSSR count). The first-order valence-corrected chi connectivity index (χ1v) is 5.51. The standard InChI is InChI=1S/C12H16N2O4/c1-3-10(11(16)17)13-12(18)14(2)8-4-6-9(15)7-5-8/h4-7,10,15H,3H2,1-2H3,(H,13,18)(H,16,17). The maximum atomic E-state index is 11.8. The molecule has 0 aliphatic carbocycles. The van der Waals surface area contributed by atoms with Crippen LogP contribution in [0.4, 0.5) is 10.5 Å². The summed E-state index contributed by atoms with van der Waals surface area (Å²) < 4.78 is 0. The molecular weight excluding hydrogens is 236 g/mol. The average Bonchev–Trinajstić information content (AvgIpc) is 2.35. The van der Waals surface area contributed by atoms with Gasteiger partial charge in [0.05, 0.1) is 0 Å². The summed E-state index contributed by atoms with van der Waals surface area (Å²) in [6, 6.07) is 4.63. The molecule has 6 heteroatoms. The Labute approximate surface area is 105 Å². The summed E-state index contributed by atoms with van der Waals surface area (Å²) >= 11 is 0. The van der Waals surface area contributed by atoms with Gasteiger partial charge in [0.1, 0.15) is 11.8 Å². The van der Waals surface area contributed by atoms with Crippen LogP contribution in [0.3, 0.4) is 0 Å². The molecule has 1 aromatic rings. The number of nitrogens with one attached hydrogen (secondary N) is 1. The Kier molecular flexibility index (Phi) is 4.53. The van der Waals surface area contributed by atoms with Gasteiger partial charge in [-0.25, -0.2) is 9.59 Å². The van der Waals surface area contributed by atoms with Gasteiger partial charge in [-0.1, -0.05) is 6.92 Å². The van der Waals surface area contributed by atoms with Crippen molar-refractivity contribution in [1.29, 1.82) is 0 Å². The minimum absolute atomic E-state index is 0.101. The zero-order valence-electron chi connectivity index (χ0n) is 10.3. The van der Waals surface area contributed by atoms with Gasteiger partial charge in [-0.2, -0.15) is 0 Å². The van der Waals surface area contributed by atoms with Crippen LogP contribution in [-0.4, -0.2) is 35.3 Å². The van der Waals surface area contributed by atoms with E-state index in [9.17, 15) is 9.59 Å². The van der Waals surface area contributed by atoms with Crippen molar-refractivity contribution < 1.29 is 19.8 Å². The summed E-state index contributed by atoms with van der Waals surface area (Å²) in [5, 5.41) is 20.4. The fourth-order valence-electron chi connectivity index (χ4n) is 1.38. The number of hydrogen-bond acceptors (Lipinski definition) is 3. The third-order valence-electron chi connectivity index (χ3n) is 2.55. The van der Waals surface area contributed by atoms with Gasteiger partial charge in [0.2, 0.25) is 0 Å². The van der Waals surface area contributed by atoms with E-state index in [1.54, 1.807) is 19.1 Å². The highest BCUT2D eigenvalue weighted by Gasteiger charge is 2.20. The number of phenolic OH excluding ortho intramolecular Hbond substituents is 1. The Morgan fingerprint density at radius 2 is 1.89 bits per heavy atom. The summed E-state index contributed by atoms with van der Waals surface area (Å²) in [6.07, 6.45) is 0.310. The van der Waals surface area contributed by atoms with Gasteiger partial charge >= 0.3 is 12.0 Å². The number of anilines is 1. The SMILES string of the molecule is CCC(NC(=O)N(C)c1ccc(O)cc1)C(=O)O. The molecule has 1 atom stereocenters. The number of benzene rings is 1. The molecule has 0 saturated heterocycles. The molecule has 0 aliphatic rings. The van der Waals surface area contributed by atoms with Gasteiger partial charge in [-0.3, -0.25) is 4.90 Å². The highest BCUT2D eigenvalue weighted by molar-refractivity contribution is 5.93. The molecule has 6 nitrogen and oxygen atoms in total. The summed E-state index contributed by atoms with van der Waals surface area (Å²) in [5.41, 5.74) is 0.561. The topological polar surface area (TPSA) is 89.9 Å². The van der Waals surface area contributed by atoms with Crippen LogP contribution in [0.25, 0.3) is 0 Å². The Hall–Kier alpha value is -2.24. The molecule has 0 fully saturated rings. The van der Waals surface area contributed by atoms with Gasteiger partial charge in [-0.05, 0) is 30.7 Å². The van der Waals surface area contributed by atoms with Gasteiger partial charge in [0, 0.05) is 12.7 Å². The van der Waals surface area contributed by atoms with Crippen LogP contribution in [0.2, 0.25) is 0 Å². The van der Waals surface area contributed by atoms with E-state index in [1.165, 1.54) is 24.1 Å². The van der Waals surface area contributed by atoms with Gasteiger partial charge in [-0.15, -0.1) is 0 Å². The van der Waals surface area contributed by atoms with E-state index in [1.807, 2.05) is 0 Å². The summed E-state index contributed by atoms with van der Waals surface area (Å²) in [6.45, 7) is 1.68. The predicted octanol–water partition coefficient (Wildman–Crippen LogP) is 1.40. The molecular formula is C12H16N2O4. The zero-order chi connectivity index (χ0) is 13.7. The second-order valence-corrected chi connectivity index (χ2v) is 3.82. The van der Waals surface area contributed by atoms with Gasteiger partial charge in [0.15, 0.2) is 0 Å². The van der Waals surface area contributed by atoms with E-state index >= 15 is 0 Å². The molecule has 1 aromatic carbocycles. The predicted molar refractivity (Wildman–Crippen MR) is 66.8 cm³/mol. The lowest BCUT2D eigenvalue weighted by molar-refractivity contribution is -0.139. The Morgan fingerprint density at radius 1 is 1.33 bits per heavy atom. The molecule has 18 heavy (non-hydrogen) atoms. The highest BCUT2D eigenvalue weighted by atomic mass is 16.4. The van der Waals surface area contributed by atoms with E-state index in [0.29, 0.717) is 12.1 Å². The number of hydrogen-bond donors (Lipinski definition) is 3. The van der Waals surface area contributed by atoms with Crippen LogP contribution in [0.1, 0.15) is 13.3 Å². The van der Waals surface area contributed by atoms with Gasteiger partial charge < -0.3 is 15.5 Å². The van der Waals surface area contributed by atoms with Crippen LogP contribution in [0, 0.1) is 0 Å². The largest absolute Gasteiger partial charge is 0.508 e. The lowest BCUT2D eigenvalue weighted by Crippen LogP contribution is -2.46. The van der Waals surface area contributed by atoms with Crippen molar-refractivity contribution >= 4 is 17.7 Å². The van der Waals surface area contributed by atoms with Crippen LogP contribution in [0.15, 0.2) is 24.3 Å². The molecule has 2 amide bonds. The van der Waals surface area contributed by atoms with Crippen LogP contribution in [-0.2, 0) is 4.79 Å². The Bertz CT molecular complexity index is 430. The lowest BCUT2D eigenvalue weighted by atomic mass is 10.2. The molecule has 98 valence electrons. The minimum atomic E-state index is -1.06.